The fourth-order valence-corrected chi connectivity index (χ4v) is 3.88. The van der Waals surface area contributed by atoms with Gasteiger partial charge in [-0.15, -0.1) is 0 Å². The third kappa shape index (κ3) is 4.96. The molecule has 0 unspecified atom stereocenters. The Bertz CT molecular complexity index is 1030. The van der Waals surface area contributed by atoms with Crippen LogP contribution in [0.2, 0.25) is 0 Å². The molecular formula is C23H25N5O3. The van der Waals surface area contributed by atoms with Crippen molar-refractivity contribution >= 4 is 11.5 Å². The summed E-state index contributed by atoms with van der Waals surface area (Å²) in [7, 11) is 0. The standard InChI is InChI=1S/C23H25N5O3/c1-17-25-22(27-14-10-19-6-2-3-7-20(19)11-15-27)21(28(29)30)23(26-17)31-16-4-5-18-8-12-24-13-9-18/h2-3,6-9,12-13H,4-5,10-11,14-16H2,1H3. The summed E-state index contributed by atoms with van der Waals surface area (Å²) in [4.78, 5) is 26.2. The normalized spacial score (nSPS) is 13.4. The Hall–Kier alpha value is -3.55. The Morgan fingerprint density at radius 1 is 1.06 bits per heavy atom. The zero-order chi connectivity index (χ0) is 21.6. The van der Waals surface area contributed by atoms with E-state index in [0.717, 1.165) is 31.2 Å². The van der Waals surface area contributed by atoms with Crippen LogP contribution < -0.4 is 9.64 Å². The third-order valence-corrected chi connectivity index (χ3v) is 5.45. The lowest BCUT2D eigenvalue weighted by Gasteiger charge is -2.22. The van der Waals surface area contributed by atoms with E-state index in [1.165, 1.54) is 11.1 Å². The molecule has 0 N–H and O–H groups in total. The maximum Gasteiger partial charge on any atom is 0.372 e. The van der Waals surface area contributed by atoms with Crippen molar-refractivity contribution in [2.24, 2.45) is 0 Å². The summed E-state index contributed by atoms with van der Waals surface area (Å²) in [5, 5.41) is 12.0. The van der Waals surface area contributed by atoms with Crippen molar-refractivity contribution in [3.63, 3.8) is 0 Å². The molecule has 3 heterocycles. The molecule has 31 heavy (non-hydrogen) atoms. The number of pyridine rings is 1. The maximum absolute atomic E-state index is 12.0. The van der Waals surface area contributed by atoms with Crippen LogP contribution >= 0.6 is 0 Å². The lowest BCUT2D eigenvalue weighted by molar-refractivity contribution is -0.385. The van der Waals surface area contributed by atoms with Gasteiger partial charge in [0.15, 0.2) is 0 Å². The molecule has 0 fully saturated rings. The molecule has 2 aromatic heterocycles. The molecule has 0 amide bonds. The fraction of sp³-hybridized carbons (Fsp3) is 0.348. The SMILES string of the molecule is Cc1nc(OCCCc2ccncc2)c([N+](=O)[O-])c(N2CCc3ccccc3CC2)n1. The van der Waals surface area contributed by atoms with Gasteiger partial charge in [-0.1, -0.05) is 24.3 Å². The molecule has 1 aliphatic rings. The zero-order valence-electron chi connectivity index (χ0n) is 17.5. The predicted molar refractivity (Wildman–Crippen MR) is 118 cm³/mol. The van der Waals surface area contributed by atoms with Crippen LogP contribution in [0.5, 0.6) is 5.88 Å². The largest absolute Gasteiger partial charge is 0.473 e. The van der Waals surface area contributed by atoms with E-state index in [1.54, 1.807) is 19.3 Å². The van der Waals surface area contributed by atoms with E-state index in [9.17, 15) is 10.1 Å². The second-order valence-electron chi connectivity index (χ2n) is 7.57. The summed E-state index contributed by atoms with van der Waals surface area (Å²) >= 11 is 0. The molecule has 0 saturated carbocycles. The van der Waals surface area contributed by atoms with Gasteiger partial charge in [-0.3, -0.25) is 15.1 Å². The first-order valence-electron chi connectivity index (χ1n) is 10.5. The molecule has 1 aromatic carbocycles. The number of nitrogens with zero attached hydrogens (tertiary/aromatic N) is 5. The van der Waals surface area contributed by atoms with Crippen LogP contribution in [-0.2, 0) is 19.3 Å². The Balaban J connectivity index is 1.51. The van der Waals surface area contributed by atoms with Gasteiger partial charge in [-0.25, -0.2) is 4.98 Å². The van der Waals surface area contributed by atoms with E-state index in [1.807, 2.05) is 29.2 Å². The van der Waals surface area contributed by atoms with Gasteiger partial charge in [0.25, 0.3) is 5.88 Å². The number of rotatable bonds is 7. The van der Waals surface area contributed by atoms with Gasteiger partial charge in [0.05, 0.1) is 11.5 Å². The monoisotopic (exact) mass is 419 g/mol. The summed E-state index contributed by atoms with van der Waals surface area (Å²) in [6.45, 7) is 3.40. The summed E-state index contributed by atoms with van der Waals surface area (Å²) in [6.07, 6.45) is 6.66. The average molecular weight is 419 g/mol. The molecular weight excluding hydrogens is 394 g/mol. The Morgan fingerprint density at radius 3 is 2.39 bits per heavy atom. The average Bonchev–Trinajstić information content (AvgIpc) is 2.99. The second kappa shape index (κ2) is 9.51. The molecule has 8 nitrogen and oxygen atoms in total. The zero-order valence-corrected chi connectivity index (χ0v) is 17.5. The van der Waals surface area contributed by atoms with Gasteiger partial charge >= 0.3 is 5.69 Å². The summed E-state index contributed by atoms with van der Waals surface area (Å²) in [6, 6.07) is 12.2. The minimum absolute atomic E-state index is 0.0454. The van der Waals surface area contributed by atoms with Crippen LogP contribution in [0.4, 0.5) is 11.5 Å². The van der Waals surface area contributed by atoms with Crippen molar-refractivity contribution in [1.29, 1.82) is 0 Å². The number of fused-ring (bicyclic) bond motifs is 1. The highest BCUT2D eigenvalue weighted by Crippen LogP contribution is 2.35. The first-order chi connectivity index (χ1) is 15.1. The highest BCUT2D eigenvalue weighted by molar-refractivity contribution is 5.63. The smallest absolute Gasteiger partial charge is 0.372 e. The highest BCUT2D eigenvalue weighted by atomic mass is 16.6. The predicted octanol–water partition coefficient (Wildman–Crippen LogP) is 3.71. The molecule has 0 spiro atoms. The Morgan fingerprint density at radius 2 is 1.74 bits per heavy atom. The van der Waals surface area contributed by atoms with Crippen molar-refractivity contribution in [2.75, 3.05) is 24.6 Å². The molecule has 0 bridgehead atoms. The lowest BCUT2D eigenvalue weighted by atomic mass is 10.0. The van der Waals surface area contributed by atoms with E-state index in [-0.39, 0.29) is 11.6 Å². The highest BCUT2D eigenvalue weighted by Gasteiger charge is 2.30. The van der Waals surface area contributed by atoms with Gasteiger partial charge in [0.1, 0.15) is 5.82 Å². The molecule has 8 heteroatoms. The van der Waals surface area contributed by atoms with Gasteiger partial charge in [-0.2, -0.15) is 4.98 Å². The van der Waals surface area contributed by atoms with Crippen molar-refractivity contribution in [3.05, 3.63) is 81.4 Å². The first kappa shape index (κ1) is 20.7. The number of hydrogen-bond donors (Lipinski definition) is 0. The summed E-state index contributed by atoms with van der Waals surface area (Å²) < 4.78 is 5.79. The van der Waals surface area contributed by atoms with Gasteiger partial charge in [0, 0.05) is 25.5 Å². The number of aryl methyl sites for hydroxylation is 2. The lowest BCUT2D eigenvalue weighted by Crippen LogP contribution is -2.28. The molecule has 160 valence electrons. The molecule has 4 rings (SSSR count). The molecule has 0 radical (unpaired) electrons. The Labute approximate surface area is 181 Å². The van der Waals surface area contributed by atoms with E-state index in [0.29, 0.717) is 31.3 Å². The Kier molecular flexibility index (Phi) is 6.35. The number of anilines is 1. The number of aromatic nitrogens is 3. The number of ether oxygens (including phenoxy) is 1. The third-order valence-electron chi connectivity index (χ3n) is 5.45. The van der Waals surface area contributed by atoms with Crippen LogP contribution in [0.25, 0.3) is 0 Å². The van der Waals surface area contributed by atoms with Crippen LogP contribution in [0.3, 0.4) is 0 Å². The van der Waals surface area contributed by atoms with Crippen molar-refractivity contribution in [1.82, 2.24) is 15.0 Å². The number of nitro groups is 1. The van der Waals surface area contributed by atoms with Crippen molar-refractivity contribution in [3.8, 4) is 5.88 Å². The van der Waals surface area contributed by atoms with Crippen LogP contribution in [0, 0.1) is 17.0 Å². The van der Waals surface area contributed by atoms with Crippen molar-refractivity contribution < 1.29 is 9.66 Å². The topological polar surface area (TPSA) is 94.3 Å². The van der Waals surface area contributed by atoms with E-state index < -0.39 is 4.92 Å². The number of hydrogen-bond acceptors (Lipinski definition) is 7. The van der Waals surface area contributed by atoms with Crippen molar-refractivity contribution in [2.45, 2.75) is 32.6 Å². The first-order valence-corrected chi connectivity index (χ1v) is 10.5. The van der Waals surface area contributed by atoms with E-state index in [4.69, 9.17) is 4.74 Å². The summed E-state index contributed by atoms with van der Waals surface area (Å²) in [5.41, 5.74) is 3.56. The fourth-order valence-electron chi connectivity index (χ4n) is 3.88. The van der Waals surface area contributed by atoms with Gasteiger partial charge in [-0.05, 0) is 61.4 Å². The van der Waals surface area contributed by atoms with Gasteiger partial charge < -0.3 is 9.64 Å². The minimum Gasteiger partial charge on any atom is -0.473 e. The van der Waals surface area contributed by atoms with Crippen LogP contribution in [0.1, 0.15) is 28.9 Å². The molecule has 0 aliphatic carbocycles. The maximum atomic E-state index is 12.0. The quantitative estimate of drug-likeness (QED) is 0.327. The van der Waals surface area contributed by atoms with E-state index in [2.05, 4.69) is 27.1 Å². The van der Waals surface area contributed by atoms with Gasteiger partial charge in [0.2, 0.25) is 5.82 Å². The second-order valence-corrected chi connectivity index (χ2v) is 7.57. The van der Waals surface area contributed by atoms with Crippen LogP contribution in [0.15, 0.2) is 48.8 Å². The van der Waals surface area contributed by atoms with E-state index >= 15 is 0 Å². The summed E-state index contributed by atoms with van der Waals surface area (Å²) in [5.74, 6) is 0.852. The molecule has 1 aliphatic heterocycles. The molecule has 0 atom stereocenters. The number of benzene rings is 1. The molecule has 3 aromatic rings. The van der Waals surface area contributed by atoms with Crippen LogP contribution in [-0.4, -0.2) is 39.6 Å². The molecule has 0 saturated heterocycles. The minimum atomic E-state index is -0.426.